The minimum absolute atomic E-state index is 0.155. The van der Waals surface area contributed by atoms with E-state index in [1.165, 1.54) is 6.07 Å². The van der Waals surface area contributed by atoms with Crippen molar-refractivity contribution in [2.45, 2.75) is 26.2 Å². The predicted octanol–water partition coefficient (Wildman–Crippen LogP) is 2.84. The van der Waals surface area contributed by atoms with Crippen LogP contribution in [0.15, 0.2) is 18.2 Å². The molecule has 0 aliphatic heterocycles. The summed E-state index contributed by atoms with van der Waals surface area (Å²) in [6, 6.07) is 7.25. The zero-order chi connectivity index (χ0) is 9.68. The molecule has 0 radical (unpaired) electrons. The summed E-state index contributed by atoms with van der Waals surface area (Å²) in [5.41, 5.74) is 1.64. The zero-order valence-corrected chi connectivity index (χ0v) is 7.68. The number of halogens is 1. The van der Waals surface area contributed by atoms with Crippen LogP contribution in [0.1, 0.15) is 24.5 Å². The lowest BCUT2D eigenvalue weighted by Gasteiger charge is -2.01. The van der Waals surface area contributed by atoms with E-state index in [9.17, 15) is 4.39 Å². The molecule has 0 fully saturated rings. The van der Waals surface area contributed by atoms with Crippen LogP contribution >= 0.6 is 0 Å². The maximum atomic E-state index is 13.2. The molecule has 1 aromatic rings. The number of nitrogens with zero attached hydrogens (tertiary/aromatic N) is 1. The standard InChI is InChI=1S/C11H12FN/c1-2-10-6-5-9(4-3-7-13)8-11(10)12/h5-6,8H,2-4H2,1H3. The van der Waals surface area contributed by atoms with Crippen LogP contribution < -0.4 is 0 Å². The first-order chi connectivity index (χ1) is 6.27. The van der Waals surface area contributed by atoms with Crippen LogP contribution in [0.4, 0.5) is 4.39 Å². The molecule has 0 N–H and O–H groups in total. The van der Waals surface area contributed by atoms with Crippen LogP contribution in [0.3, 0.4) is 0 Å². The summed E-state index contributed by atoms with van der Waals surface area (Å²) >= 11 is 0. The number of benzene rings is 1. The van der Waals surface area contributed by atoms with Gasteiger partial charge in [-0.1, -0.05) is 19.1 Å². The maximum Gasteiger partial charge on any atom is 0.126 e. The van der Waals surface area contributed by atoms with E-state index < -0.39 is 0 Å². The number of hydrogen-bond acceptors (Lipinski definition) is 1. The van der Waals surface area contributed by atoms with E-state index in [0.29, 0.717) is 19.3 Å². The van der Waals surface area contributed by atoms with Crippen LogP contribution in [0.25, 0.3) is 0 Å². The van der Waals surface area contributed by atoms with Crippen molar-refractivity contribution in [1.82, 2.24) is 0 Å². The van der Waals surface area contributed by atoms with Crippen LogP contribution in [-0.4, -0.2) is 0 Å². The molecule has 13 heavy (non-hydrogen) atoms. The van der Waals surface area contributed by atoms with Crippen molar-refractivity contribution in [2.24, 2.45) is 0 Å². The molecule has 0 saturated heterocycles. The van der Waals surface area contributed by atoms with Gasteiger partial charge in [0, 0.05) is 6.42 Å². The van der Waals surface area contributed by atoms with E-state index in [0.717, 1.165) is 11.1 Å². The van der Waals surface area contributed by atoms with Gasteiger partial charge in [0.05, 0.1) is 6.07 Å². The van der Waals surface area contributed by atoms with Crippen LogP contribution in [0.2, 0.25) is 0 Å². The predicted molar refractivity (Wildman–Crippen MR) is 49.7 cm³/mol. The quantitative estimate of drug-likeness (QED) is 0.696. The topological polar surface area (TPSA) is 23.8 Å². The molecule has 0 aliphatic rings. The monoisotopic (exact) mass is 177 g/mol. The van der Waals surface area contributed by atoms with Crippen LogP contribution in [0, 0.1) is 17.1 Å². The molecule has 1 nitrogen and oxygen atoms in total. The second-order valence-corrected chi connectivity index (χ2v) is 2.94. The zero-order valence-electron chi connectivity index (χ0n) is 7.68. The highest BCUT2D eigenvalue weighted by atomic mass is 19.1. The number of aryl methyl sites for hydroxylation is 2. The van der Waals surface area contributed by atoms with Crippen LogP contribution in [-0.2, 0) is 12.8 Å². The average molecular weight is 177 g/mol. The SMILES string of the molecule is CCc1ccc(CCC#N)cc1F. The van der Waals surface area contributed by atoms with E-state index in [-0.39, 0.29) is 5.82 Å². The Morgan fingerprint density at radius 2 is 2.23 bits per heavy atom. The fraction of sp³-hybridized carbons (Fsp3) is 0.364. The molecule has 0 unspecified atom stereocenters. The first-order valence-corrected chi connectivity index (χ1v) is 4.42. The smallest absolute Gasteiger partial charge is 0.126 e. The molecular formula is C11H12FN. The van der Waals surface area contributed by atoms with Gasteiger partial charge in [-0.15, -0.1) is 0 Å². The first-order valence-electron chi connectivity index (χ1n) is 4.42. The Kier molecular flexibility index (Phi) is 3.45. The van der Waals surface area contributed by atoms with Gasteiger partial charge in [-0.3, -0.25) is 0 Å². The third kappa shape index (κ3) is 2.55. The van der Waals surface area contributed by atoms with E-state index in [4.69, 9.17) is 5.26 Å². The van der Waals surface area contributed by atoms with Crippen molar-refractivity contribution in [3.8, 4) is 6.07 Å². The average Bonchev–Trinajstić information content (AvgIpc) is 2.15. The summed E-state index contributed by atoms with van der Waals surface area (Å²) in [5, 5.41) is 8.35. The molecule has 0 heterocycles. The summed E-state index contributed by atoms with van der Waals surface area (Å²) in [6.45, 7) is 1.92. The molecule has 1 rings (SSSR count). The molecule has 0 atom stereocenters. The van der Waals surface area contributed by atoms with Crippen molar-refractivity contribution < 1.29 is 4.39 Å². The highest BCUT2D eigenvalue weighted by Crippen LogP contribution is 2.12. The highest BCUT2D eigenvalue weighted by molar-refractivity contribution is 5.24. The van der Waals surface area contributed by atoms with Gasteiger partial charge in [-0.2, -0.15) is 5.26 Å². The Labute approximate surface area is 77.8 Å². The number of nitriles is 1. The molecule has 0 saturated carbocycles. The number of hydrogen-bond donors (Lipinski definition) is 0. The normalized spacial score (nSPS) is 9.62. The van der Waals surface area contributed by atoms with E-state index in [1.54, 1.807) is 6.07 Å². The summed E-state index contributed by atoms with van der Waals surface area (Å²) in [5.74, 6) is -0.155. The molecule has 0 spiro atoms. The van der Waals surface area contributed by atoms with E-state index in [2.05, 4.69) is 0 Å². The third-order valence-electron chi connectivity index (χ3n) is 2.02. The number of rotatable bonds is 3. The van der Waals surface area contributed by atoms with Crippen molar-refractivity contribution in [1.29, 1.82) is 5.26 Å². The highest BCUT2D eigenvalue weighted by Gasteiger charge is 2.00. The molecular weight excluding hydrogens is 165 g/mol. The molecule has 0 aliphatic carbocycles. The largest absolute Gasteiger partial charge is 0.207 e. The Morgan fingerprint density at radius 1 is 1.46 bits per heavy atom. The Balaban J connectivity index is 2.78. The lowest BCUT2D eigenvalue weighted by atomic mass is 10.1. The maximum absolute atomic E-state index is 13.2. The van der Waals surface area contributed by atoms with E-state index >= 15 is 0 Å². The van der Waals surface area contributed by atoms with Crippen molar-refractivity contribution in [3.63, 3.8) is 0 Å². The van der Waals surface area contributed by atoms with Gasteiger partial charge in [0.1, 0.15) is 5.82 Å². The summed E-state index contributed by atoms with van der Waals surface area (Å²) in [7, 11) is 0. The second-order valence-electron chi connectivity index (χ2n) is 2.94. The summed E-state index contributed by atoms with van der Waals surface area (Å²) in [4.78, 5) is 0. The minimum Gasteiger partial charge on any atom is -0.207 e. The van der Waals surface area contributed by atoms with Gasteiger partial charge in [0.15, 0.2) is 0 Å². The van der Waals surface area contributed by atoms with Gasteiger partial charge in [-0.25, -0.2) is 4.39 Å². The lowest BCUT2D eigenvalue weighted by molar-refractivity contribution is 0.609. The van der Waals surface area contributed by atoms with Gasteiger partial charge in [0.25, 0.3) is 0 Å². The minimum atomic E-state index is -0.155. The molecule has 68 valence electrons. The van der Waals surface area contributed by atoms with Gasteiger partial charge in [-0.05, 0) is 30.0 Å². The van der Waals surface area contributed by atoms with Gasteiger partial charge in [0.2, 0.25) is 0 Å². The Bertz CT molecular complexity index is 325. The van der Waals surface area contributed by atoms with Crippen LogP contribution in [0.5, 0.6) is 0 Å². The van der Waals surface area contributed by atoms with Gasteiger partial charge < -0.3 is 0 Å². The van der Waals surface area contributed by atoms with Crippen molar-refractivity contribution in [2.75, 3.05) is 0 Å². The molecule has 2 heteroatoms. The Morgan fingerprint density at radius 3 is 2.77 bits per heavy atom. The van der Waals surface area contributed by atoms with Gasteiger partial charge >= 0.3 is 0 Å². The van der Waals surface area contributed by atoms with E-state index in [1.807, 2.05) is 19.1 Å². The first kappa shape index (κ1) is 9.73. The molecule has 0 amide bonds. The fourth-order valence-corrected chi connectivity index (χ4v) is 1.23. The van der Waals surface area contributed by atoms with Crippen molar-refractivity contribution in [3.05, 3.63) is 35.1 Å². The summed E-state index contributed by atoms with van der Waals surface area (Å²) in [6.07, 6.45) is 1.80. The fourth-order valence-electron chi connectivity index (χ4n) is 1.23. The summed E-state index contributed by atoms with van der Waals surface area (Å²) < 4.78 is 13.2. The molecule has 0 aromatic heterocycles. The molecule has 0 bridgehead atoms. The lowest BCUT2D eigenvalue weighted by Crippen LogP contribution is -1.91. The second kappa shape index (κ2) is 4.61. The molecule has 1 aromatic carbocycles. The third-order valence-corrected chi connectivity index (χ3v) is 2.02. The van der Waals surface area contributed by atoms with Crippen molar-refractivity contribution >= 4 is 0 Å². The Hall–Kier alpha value is -1.36.